The number of ether oxygens (including phenoxy) is 1. The van der Waals surface area contributed by atoms with E-state index in [1.807, 2.05) is 0 Å². The van der Waals surface area contributed by atoms with Crippen molar-refractivity contribution in [2.75, 3.05) is 13.2 Å². The van der Waals surface area contributed by atoms with Gasteiger partial charge in [0.2, 0.25) is 0 Å². The van der Waals surface area contributed by atoms with Gasteiger partial charge < -0.3 is 10.1 Å². The van der Waals surface area contributed by atoms with Crippen LogP contribution >= 0.6 is 0 Å². The van der Waals surface area contributed by atoms with Crippen LogP contribution in [0.5, 0.6) is 0 Å². The van der Waals surface area contributed by atoms with Crippen molar-refractivity contribution in [1.82, 2.24) is 5.32 Å². The molecular weight excluding hydrogens is 210 g/mol. The second-order valence-corrected chi connectivity index (χ2v) is 5.51. The predicted molar refractivity (Wildman–Crippen MR) is 74.4 cm³/mol. The van der Waals surface area contributed by atoms with E-state index in [-0.39, 0.29) is 0 Å². The van der Waals surface area contributed by atoms with Crippen LogP contribution in [0.3, 0.4) is 0 Å². The lowest BCUT2D eigenvalue weighted by molar-refractivity contribution is -0.0150. The first-order valence-electron chi connectivity index (χ1n) is 7.62. The topological polar surface area (TPSA) is 21.3 Å². The zero-order chi connectivity index (χ0) is 12.5. The van der Waals surface area contributed by atoms with Crippen LogP contribution in [0.4, 0.5) is 0 Å². The molecule has 0 amide bonds. The zero-order valence-electron chi connectivity index (χ0n) is 12.0. The minimum absolute atomic E-state index is 0.548. The van der Waals surface area contributed by atoms with Crippen LogP contribution in [0.2, 0.25) is 0 Å². The molecule has 1 saturated carbocycles. The summed E-state index contributed by atoms with van der Waals surface area (Å²) >= 11 is 0. The van der Waals surface area contributed by atoms with Crippen LogP contribution in [0.15, 0.2) is 0 Å². The molecule has 17 heavy (non-hydrogen) atoms. The molecule has 0 aliphatic heterocycles. The molecule has 2 heteroatoms. The molecule has 0 saturated heterocycles. The van der Waals surface area contributed by atoms with E-state index in [0.717, 1.165) is 25.5 Å². The highest BCUT2D eigenvalue weighted by Crippen LogP contribution is 2.29. The number of nitrogens with one attached hydrogen (secondary N) is 1. The van der Waals surface area contributed by atoms with Crippen molar-refractivity contribution in [3.63, 3.8) is 0 Å². The maximum Gasteiger partial charge on any atom is 0.0603 e. The predicted octanol–water partition coefficient (Wildman–Crippen LogP) is 3.75. The first-order chi connectivity index (χ1) is 8.27. The minimum Gasteiger partial charge on any atom is -0.378 e. The fourth-order valence-corrected chi connectivity index (χ4v) is 2.75. The number of hydrogen-bond donors (Lipinski definition) is 1. The summed E-state index contributed by atoms with van der Waals surface area (Å²) in [5, 5.41) is 3.52. The molecule has 0 aromatic heterocycles. The lowest BCUT2D eigenvalue weighted by Crippen LogP contribution is -2.31. The van der Waals surface area contributed by atoms with Gasteiger partial charge in [-0.1, -0.05) is 33.1 Å². The summed E-state index contributed by atoms with van der Waals surface area (Å²) in [7, 11) is 0. The van der Waals surface area contributed by atoms with E-state index >= 15 is 0 Å². The van der Waals surface area contributed by atoms with Gasteiger partial charge in [-0.15, -0.1) is 0 Å². The first-order valence-corrected chi connectivity index (χ1v) is 7.62. The molecule has 1 rings (SSSR count). The molecule has 2 nitrogen and oxygen atoms in total. The van der Waals surface area contributed by atoms with E-state index in [9.17, 15) is 0 Å². The molecule has 0 aromatic carbocycles. The second-order valence-electron chi connectivity index (χ2n) is 5.51. The van der Waals surface area contributed by atoms with Crippen LogP contribution in [0.25, 0.3) is 0 Å². The largest absolute Gasteiger partial charge is 0.378 e. The summed E-state index contributed by atoms with van der Waals surface area (Å²) in [6, 6.07) is 0.596. The van der Waals surface area contributed by atoms with E-state index in [4.69, 9.17) is 4.74 Å². The first kappa shape index (κ1) is 15.0. The van der Waals surface area contributed by atoms with E-state index in [1.165, 1.54) is 38.5 Å². The van der Waals surface area contributed by atoms with Gasteiger partial charge in [0.25, 0.3) is 0 Å². The number of hydrogen-bond acceptors (Lipinski definition) is 2. The van der Waals surface area contributed by atoms with Gasteiger partial charge in [0.05, 0.1) is 6.10 Å². The Morgan fingerprint density at radius 3 is 2.71 bits per heavy atom. The SMILES string of the molecule is CCCNC(C)CCOC1CCCCC1CC. The Hall–Kier alpha value is -0.0800. The Bertz CT molecular complexity index is 184. The molecule has 0 aromatic rings. The fourth-order valence-electron chi connectivity index (χ4n) is 2.75. The molecule has 3 atom stereocenters. The molecule has 0 heterocycles. The van der Waals surface area contributed by atoms with Gasteiger partial charge in [-0.25, -0.2) is 0 Å². The van der Waals surface area contributed by atoms with Crippen molar-refractivity contribution >= 4 is 0 Å². The Morgan fingerprint density at radius 2 is 2.00 bits per heavy atom. The third-order valence-electron chi connectivity index (χ3n) is 3.99. The lowest BCUT2D eigenvalue weighted by Gasteiger charge is -2.31. The summed E-state index contributed by atoms with van der Waals surface area (Å²) in [4.78, 5) is 0. The quantitative estimate of drug-likeness (QED) is 0.699. The zero-order valence-corrected chi connectivity index (χ0v) is 12.0. The van der Waals surface area contributed by atoms with Crippen LogP contribution < -0.4 is 5.32 Å². The molecule has 102 valence electrons. The summed E-state index contributed by atoms with van der Waals surface area (Å²) in [6.07, 6.45) is 9.64. The average molecular weight is 241 g/mol. The third kappa shape index (κ3) is 5.87. The van der Waals surface area contributed by atoms with Gasteiger partial charge in [-0.05, 0) is 45.1 Å². The molecule has 1 fully saturated rings. The molecule has 0 radical (unpaired) electrons. The Morgan fingerprint density at radius 1 is 1.24 bits per heavy atom. The van der Waals surface area contributed by atoms with Gasteiger partial charge in [0, 0.05) is 12.6 Å². The van der Waals surface area contributed by atoms with Gasteiger partial charge >= 0.3 is 0 Å². The molecule has 0 spiro atoms. The van der Waals surface area contributed by atoms with Gasteiger partial charge in [-0.3, -0.25) is 0 Å². The molecule has 0 bridgehead atoms. The highest BCUT2D eigenvalue weighted by Gasteiger charge is 2.23. The van der Waals surface area contributed by atoms with E-state index < -0.39 is 0 Å². The molecule has 1 aliphatic carbocycles. The van der Waals surface area contributed by atoms with Crippen LogP contribution in [0, 0.1) is 5.92 Å². The van der Waals surface area contributed by atoms with Crippen molar-refractivity contribution < 1.29 is 4.74 Å². The van der Waals surface area contributed by atoms with Crippen molar-refractivity contribution in [2.24, 2.45) is 5.92 Å². The van der Waals surface area contributed by atoms with Crippen molar-refractivity contribution in [1.29, 1.82) is 0 Å². The lowest BCUT2D eigenvalue weighted by atomic mass is 9.85. The summed E-state index contributed by atoms with van der Waals surface area (Å²) in [5.74, 6) is 0.822. The Kier molecular flexibility index (Phi) is 7.87. The second kappa shape index (κ2) is 8.93. The van der Waals surface area contributed by atoms with E-state index in [1.54, 1.807) is 0 Å². The molecule has 3 unspecified atom stereocenters. The molecule has 1 aliphatic rings. The average Bonchev–Trinajstić information content (AvgIpc) is 2.37. The standard InChI is InChI=1S/C15H31NO/c1-4-11-16-13(3)10-12-17-15-9-7-6-8-14(15)5-2/h13-16H,4-12H2,1-3H3. The van der Waals surface area contributed by atoms with Crippen molar-refractivity contribution in [2.45, 2.75) is 77.9 Å². The van der Waals surface area contributed by atoms with Gasteiger partial charge in [-0.2, -0.15) is 0 Å². The van der Waals surface area contributed by atoms with E-state index in [2.05, 4.69) is 26.1 Å². The molecule has 1 N–H and O–H groups in total. The van der Waals surface area contributed by atoms with Crippen molar-refractivity contribution in [3.8, 4) is 0 Å². The maximum atomic E-state index is 6.10. The van der Waals surface area contributed by atoms with Crippen LogP contribution in [-0.4, -0.2) is 25.3 Å². The van der Waals surface area contributed by atoms with Gasteiger partial charge in [0.15, 0.2) is 0 Å². The normalized spacial score (nSPS) is 27.0. The summed E-state index contributed by atoms with van der Waals surface area (Å²) in [5.41, 5.74) is 0. The Balaban J connectivity index is 2.11. The van der Waals surface area contributed by atoms with E-state index in [0.29, 0.717) is 12.1 Å². The van der Waals surface area contributed by atoms with Crippen LogP contribution in [-0.2, 0) is 4.74 Å². The number of rotatable bonds is 8. The molecular formula is C15H31NO. The summed E-state index contributed by atoms with van der Waals surface area (Å²) in [6.45, 7) is 8.83. The van der Waals surface area contributed by atoms with Crippen LogP contribution in [0.1, 0.15) is 65.7 Å². The highest BCUT2D eigenvalue weighted by molar-refractivity contribution is 4.75. The monoisotopic (exact) mass is 241 g/mol. The Labute approximate surface area is 108 Å². The summed E-state index contributed by atoms with van der Waals surface area (Å²) < 4.78 is 6.10. The third-order valence-corrected chi connectivity index (χ3v) is 3.99. The van der Waals surface area contributed by atoms with Crippen molar-refractivity contribution in [3.05, 3.63) is 0 Å². The smallest absolute Gasteiger partial charge is 0.0603 e. The minimum atomic E-state index is 0.548. The van der Waals surface area contributed by atoms with Gasteiger partial charge in [0.1, 0.15) is 0 Å². The maximum absolute atomic E-state index is 6.10. The highest BCUT2D eigenvalue weighted by atomic mass is 16.5. The fraction of sp³-hybridized carbons (Fsp3) is 1.00.